The number of unbranched alkanes of at least 4 members (excludes halogenated alkanes) is 24. The van der Waals surface area contributed by atoms with Crippen LogP contribution in [-0.2, 0) is 19.0 Å². The normalized spacial score (nSPS) is 11.5. The number of esters is 1. The molecular weight excluding hydrogens is 638 g/mol. The molecule has 51 heavy (non-hydrogen) atoms. The Labute approximate surface area is 317 Å². The SMILES string of the molecule is CCCCCCCCCCCOC(=O)OCCCCCN(CCO)CCCCCCCC(=O)OC(CCCCCCCC)CCCCCCCC. The van der Waals surface area contributed by atoms with Crippen LogP contribution in [0.25, 0.3) is 0 Å². The maximum absolute atomic E-state index is 12.7. The highest BCUT2D eigenvalue weighted by molar-refractivity contribution is 5.69. The maximum atomic E-state index is 12.7. The molecule has 0 saturated heterocycles. The van der Waals surface area contributed by atoms with Crippen LogP contribution in [0.4, 0.5) is 4.79 Å². The van der Waals surface area contributed by atoms with Gasteiger partial charge in [-0.3, -0.25) is 4.79 Å². The molecule has 0 aliphatic heterocycles. The molecule has 0 amide bonds. The zero-order valence-electron chi connectivity index (χ0n) is 34.4. The van der Waals surface area contributed by atoms with Crippen molar-refractivity contribution < 1.29 is 28.9 Å². The summed E-state index contributed by atoms with van der Waals surface area (Å²) in [7, 11) is 0. The minimum Gasteiger partial charge on any atom is -0.462 e. The van der Waals surface area contributed by atoms with Crippen LogP contribution in [-0.4, -0.2) is 67.7 Å². The van der Waals surface area contributed by atoms with Gasteiger partial charge in [0.05, 0.1) is 19.8 Å². The summed E-state index contributed by atoms with van der Waals surface area (Å²) in [6.07, 6.45) is 36.9. The van der Waals surface area contributed by atoms with E-state index in [4.69, 9.17) is 14.2 Å². The molecule has 0 aromatic heterocycles. The Kier molecular flexibility index (Phi) is 40.3. The van der Waals surface area contributed by atoms with Crippen LogP contribution < -0.4 is 0 Å². The molecule has 0 aromatic carbocycles. The van der Waals surface area contributed by atoms with E-state index in [2.05, 4.69) is 25.7 Å². The van der Waals surface area contributed by atoms with Gasteiger partial charge in [-0.05, 0) is 77.3 Å². The van der Waals surface area contributed by atoms with E-state index < -0.39 is 6.16 Å². The molecule has 1 N–H and O–H groups in total. The number of aliphatic hydroxyl groups excluding tert-OH is 1. The fraction of sp³-hybridized carbons (Fsp3) is 0.955. The molecule has 7 nitrogen and oxygen atoms in total. The number of nitrogens with zero attached hydrogens (tertiary/aromatic N) is 1. The number of hydrogen-bond donors (Lipinski definition) is 1. The predicted molar refractivity (Wildman–Crippen MR) is 215 cm³/mol. The monoisotopic (exact) mass is 726 g/mol. The number of rotatable bonds is 41. The molecule has 0 fully saturated rings. The first-order valence-electron chi connectivity index (χ1n) is 22.4. The fourth-order valence-corrected chi connectivity index (χ4v) is 6.80. The molecule has 0 aromatic rings. The van der Waals surface area contributed by atoms with Gasteiger partial charge in [-0.25, -0.2) is 4.79 Å². The topological polar surface area (TPSA) is 85.3 Å². The first kappa shape index (κ1) is 49.7. The summed E-state index contributed by atoms with van der Waals surface area (Å²) in [6.45, 7) is 10.4. The molecule has 0 heterocycles. The number of carbonyl (C=O) groups is 2. The zero-order chi connectivity index (χ0) is 37.3. The van der Waals surface area contributed by atoms with Crippen LogP contribution >= 0.6 is 0 Å². The summed E-state index contributed by atoms with van der Waals surface area (Å²) >= 11 is 0. The van der Waals surface area contributed by atoms with Crippen LogP contribution in [0.15, 0.2) is 0 Å². The van der Waals surface area contributed by atoms with Gasteiger partial charge in [-0.2, -0.15) is 0 Å². The Bertz CT molecular complexity index is 704. The molecule has 0 atom stereocenters. The van der Waals surface area contributed by atoms with Gasteiger partial charge in [0.1, 0.15) is 6.10 Å². The van der Waals surface area contributed by atoms with Crippen molar-refractivity contribution in [3.05, 3.63) is 0 Å². The van der Waals surface area contributed by atoms with Gasteiger partial charge in [0.15, 0.2) is 0 Å². The lowest BCUT2D eigenvalue weighted by Crippen LogP contribution is -2.29. The van der Waals surface area contributed by atoms with Gasteiger partial charge in [0.2, 0.25) is 0 Å². The van der Waals surface area contributed by atoms with Crippen molar-refractivity contribution in [2.24, 2.45) is 0 Å². The molecule has 0 bridgehead atoms. The molecule has 0 unspecified atom stereocenters. The van der Waals surface area contributed by atoms with Crippen LogP contribution in [0.1, 0.15) is 226 Å². The summed E-state index contributed by atoms with van der Waals surface area (Å²) in [4.78, 5) is 26.8. The summed E-state index contributed by atoms with van der Waals surface area (Å²) < 4.78 is 16.5. The van der Waals surface area contributed by atoms with Gasteiger partial charge in [-0.15, -0.1) is 0 Å². The largest absolute Gasteiger partial charge is 0.508 e. The van der Waals surface area contributed by atoms with E-state index in [-0.39, 0.29) is 18.7 Å². The second-order valence-electron chi connectivity index (χ2n) is 15.1. The van der Waals surface area contributed by atoms with Crippen LogP contribution in [0.3, 0.4) is 0 Å². The van der Waals surface area contributed by atoms with Crippen LogP contribution in [0.2, 0.25) is 0 Å². The van der Waals surface area contributed by atoms with E-state index in [1.54, 1.807) is 0 Å². The van der Waals surface area contributed by atoms with Gasteiger partial charge in [0, 0.05) is 13.0 Å². The van der Waals surface area contributed by atoms with E-state index >= 15 is 0 Å². The standard InChI is InChI=1S/C44H87NO6/c1-4-7-10-13-16-17-18-24-31-40-49-44(48)50-41-32-25-30-37-45(38-39-46)36-29-23-19-22-28-35-43(47)51-42(33-26-20-14-11-8-5-2)34-27-21-15-12-9-6-3/h42,46H,4-41H2,1-3H3. The second-order valence-corrected chi connectivity index (χ2v) is 15.1. The predicted octanol–water partition coefficient (Wildman–Crippen LogP) is 12.9. The highest BCUT2D eigenvalue weighted by Crippen LogP contribution is 2.18. The van der Waals surface area contributed by atoms with Crippen LogP contribution in [0, 0.1) is 0 Å². The lowest BCUT2D eigenvalue weighted by atomic mass is 10.0. The first-order valence-corrected chi connectivity index (χ1v) is 22.4. The van der Waals surface area contributed by atoms with Crippen molar-refractivity contribution in [3.8, 4) is 0 Å². The van der Waals surface area contributed by atoms with Crippen LogP contribution in [0.5, 0.6) is 0 Å². The lowest BCUT2D eigenvalue weighted by molar-refractivity contribution is -0.150. The van der Waals surface area contributed by atoms with E-state index in [9.17, 15) is 14.7 Å². The lowest BCUT2D eigenvalue weighted by Gasteiger charge is -2.21. The van der Waals surface area contributed by atoms with Gasteiger partial charge in [-0.1, -0.05) is 156 Å². The van der Waals surface area contributed by atoms with Crippen molar-refractivity contribution in [2.75, 3.05) is 39.5 Å². The highest BCUT2D eigenvalue weighted by Gasteiger charge is 2.14. The molecule has 0 radical (unpaired) electrons. The molecule has 0 aliphatic rings. The fourth-order valence-electron chi connectivity index (χ4n) is 6.80. The third-order valence-corrected chi connectivity index (χ3v) is 10.1. The molecule has 0 spiro atoms. The van der Waals surface area contributed by atoms with Gasteiger partial charge < -0.3 is 24.2 Å². The van der Waals surface area contributed by atoms with Crippen molar-refractivity contribution in [1.29, 1.82) is 0 Å². The van der Waals surface area contributed by atoms with E-state index in [1.165, 1.54) is 122 Å². The molecular formula is C44H87NO6. The van der Waals surface area contributed by atoms with E-state index in [1.807, 2.05) is 0 Å². The Morgan fingerprint density at radius 1 is 0.471 bits per heavy atom. The van der Waals surface area contributed by atoms with E-state index in [0.717, 1.165) is 90.1 Å². The Balaban J connectivity index is 3.93. The molecule has 0 aliphatic carbocycles. The molecule has 0 rings (SSSR count). The smallest absolute Gasteiger partial charge is 0.462 e. The summed E-state index contributed by atoms with van der Waals surface area (Å²) in [5.41, 5.74) is 0. The minimum absolute atomic E-state index is 0.00228. The van der Waals surface area contributed by atoms with Crippen molar-refractivity contribution in [1.82, 2.24) is 4.90 Å². The number of hydrogen-bond acceptors (Lipinski definition) is 7. The van der Waals surface area contributed by atoms with E-state index in [0.29, 0.717) is 26.2 Å². The van der Waals surface area contributed by atoms with Gasteiger partial charge >= 0.3 is 12.1 Å². The third kappa shape index (κ3) is 38.2. The summed E-state index contributed by atoms with van der Waals surface area (Å²) in [5, 5.41) is 9.52. The van der Waals surface area contributed by atoms with Crippen molar-refractivity contribution >= 4 is 12.1 Å². The second kappa shape index (κ2) is 41.4. The van der Waals surface area contributed by atoms with Crippen molar-refractivity contribution in [3.63, 3.8) is 0 Å². The van der Waals surface area contributed by atoms with Crippen molar-refractivity contribution in [2.45, 2.75) is 232 Å². The summed E-state index contributed by atoms with van der Waals surface area (Å²) in [6, 6.07) is 0. The number of aliphatic hydroxyl groups is 1. The number of ether oxygens (including phenoxy) is 3. The quantitative estimate of drug-likeness (QED) is 0.0496. The third-order valence-electron chi connectivity index (χ3n) is 10.1. The molecule has 0 saturated carbocycles. The highest BCUT2D eigenvalue weighted by atomic mass is 16.7. The Morgan fingerprint density at radius 2 is 0.843 bits per heavy atom. The first-order chi connectivity index (χ1) is 25.1. The Hall–Kier alpha value is -1.34. The zero-order valence-corrected chi connectivity index (χ0v) is 34.4. The average Bonchev–Trinajstić information content (AvgIpc) is 3.12. The van der Waals surface area contributed by atoms with Gasteiger partial charge in [0.25, 0.3) is 0 Å². The maximum Gasteiger partial charge on any atom is 0.508 e. The molecule has 304 valence electrons. The minimum atomic E-state index is -0.537. The summed E-state index contributed by atoms with van der Waals surface area (Å²) in [5.74, 6) is 0.00228. The Morgan fingerprint density at radius 3 is 1.29 bits per heavy atom. The average molecular weight is 726 g/mol. The molecule has 7 heteroatoms. The number of carbonyl (C=O) groups excluding carboxylic acids is 2.